The Morgan fingerprint density at radius 1 is 1.11 bits per heavy atom. The van der Waals surface area contributed by atoms with E-state index in [0.29, 0.717) is 0 Å². The van der Waals surface area contributed by atoms with Crippen molar-refractivity contribution in [3.05, 3.63) is 35.9 Å². The molecular formula is C13H15F3N2. The lowest BCUT2D eigenvalue weighted by molar-refractivity contribution is -0.177. The third-order valence-electron chi connectivity index (χ3n) is 3.89. The Labute approximate surface area is 104 Å². The maximum Gasteiger partial charge on any atom is 0.426 e. The molecule has 0 bridgehead atoms. The van der Waals surface area contributed by atoms with Crippen molar-refractivity contribution in [2.24, 2.45) is 0 Å². The van der Waals surface area contributed by atoms with E-state index in [1.54, 1.807) is 18.2 Å². The summed E-state index contributed by atoms with van der Waals surface area (Å²) in [4.78, 5) is 0. The minimum Gasteiger partial charge on any atom is -0.219 e. The van der Waals surface area contributed by atoms with Crippen molar-refractivity contribution < 1.29 is 13.2 Å². The molecule has 2 nitrogen and oxygen atoms in total. The summed E-state index contributed by atoms with van der Waals surface area (Å²) < 4.78 is 40.1. The molecule has 3 rings (SSSR count). The lowest BCUT2D eigenvalue weighted by atomic mass is 10.0. The predicted octanol–water partition coefficient (Wildman–Crippen LogP) is 3.16. The Morgan fingerprint density at radius 2 is 1.72 bits per heavy atom. The van der Waals surface area contributed by atoms with Crippen molar-refractivity contribution in [1.82, 2.24) is 10.4 Å². The van der Waals surface area contributed by atoms with Gasteiger partial charge in [-0.1, -0.05) is 43.2 Å². The van der Waals surface area contributed by atoms with E-state index in [-0.39, 0.29) is 11.6 Å². The van der Waals surface area contributed by atoms with Gasteiger partial charge in [0, 0.05) is 6.04 Å². The highest BCUT2D eigenvalue weighted by Crippen LogP contribution is 2.52. The van der Waals surface area contributed by atoms with Crippen LogP contribution in [0.1, 0.15) is 31.2 Å². The fourth-order valence-electron chi connectivity index (χ4n) is 2.92. The summed E-state index contributed by atoms with van der Waals surface area (Å²) in [6.45, 7) is 0. The van der Waals surface area contributed by atoms with Crippen LogP contribution in [0.25, 0.3) is 0 Å². The lowest BCUT2D eigenvalue weighted by Crippen LogP contribution is -2.37. The van der Waals surface area contributed by atoms with Crippen LogP contribution in [0.5, 0.6) is 0 Å². The lowest BCUT2D eigenvalue weighted by Gasteiger charge is -2.21. The maximum absolute atomic E-state index is 13.4. The molecule has 1 aromatic rings. The topological polar surface area (TPSA) is 25.0 Å². The Kier molecular flexibility index (Phi) is 2.64. The van der Waals surface area contributed by atoms with E-state index in [4.69, 9.17) is 0 Å². The zero-order valence-corrected chi connectivity index (χ0v) is 9.87. The zero-order chi connectivity index (χ0) is 12.8. The first-order valence-electron chi connectivity index (χ1n) is 6.25. The molecule has 1 aromatic carbocycles. The van der Waals surface area contributed by atoms with Crippen LogP contribution in [0, 0.1) is 0 Å². The molecule has 1 heterocycles. The molecule has 1 aliphatic carbocycles. The van der Waals surface area contributed by atoms with Gasteiger partial charge in [-0.05, 0) is 18.4 Å². The standard InChI is InChI=1S/C13H15F3N2/c14-13(15,16)12(10-6-2-1-3-7-10)17-18(12)11-8-4-5-9-11/h1-3,6-7,11,17H,4-5,8-9H2. The van der Waals surface area contributed by atoms with E-state index in [0.717, 1.165) is 25.7 Å². The van der Waals surface area contributed by atoms with Crippen LogP contribution in [0.4, 0.5) is 13.2 Å². The van der Waals surface area contributed by atoms with Gasteiger partial charge in [0.2, 0.25) is 5.66 Å². The fourth-order valence-corrected chi connectivity index (χ4v) is 2.92. The van der Waals surface area contributed by atoms with E-state index < -0.39 is 11.8 Å². The van der Waals surface area contributed by atoms with Gasteiger partial charge in [0.05, 0.1) is 0 Å². The molecule has 0 aromatic heterocycles. The van der Waals surface area contributed by atoms with Crippen LogP contribution in [-0.4, -0.2) is 17.2 Å². The molecule has 5 heteroatoms. The van der Waals surface area contributed by atoms with Crippen LogP contribution in [0.2, 0.25) is 0 Å². The maximum atomic E-state index is 13.4. The smallest absolute Gasteiger partial charge is 0.219 e. The largest absolute Gasteiger partial charge is 0.426 e. The number of rotatable bonds is 2. The van der Waals surface area contributed by atoms with Crippen molar-refractivity contribution in [3.8, 4) is 0 Å². The highest BCUT2D eigenvalue weighted by molar-refractivity contribution is 5.31. The van der Waals surface area contributed by atoms with Crippen LogP contribution in [-0.2, 0) is 5.66 Å². The molecule has 18 heavy (non-hydrogen) atoms. The molecule has 1 saturated heterocycles. The number of halogens is 3. The minimum atomic E-state index is -4.29. The van der Waals surface area contributed by atoms with Crippen LogP contribution < -0.4 is 5.43 Å². The molecule has 0 radical (unpaired) electrons. The second-order valence-corrected chi connectivity index (χ2v) is 4.99. The monoisotopic (exact) mass is 256 g/mol. The second kappa shape index (κ2) is 3.96. The van der Waals surface area contributed by atoms with E-state index in [1.807, 2.05) is 0 Å². The number of hydrogen-bond donors (Lipinski definition) is 1. The van der Waals surface area contributed by atoms with Crippen LogP contribution in [0.15, 0.2) is 30.3 Å². The van der Waals surface area contributed by atoms with Crippen molar-refractivity contribution in [1.29, 1.82) is 0 Å². The van der Waals surface area contributed by atoms with Gasteiger partial charge in [0.25, 0.3) is 0 Å². The van der Waals surface area contributed by atoms with Gasteiger partial charge in [-0.25, -0.2) is 10.4 Å². The predicted molar refractivity (Wildman–Crippen MR) is 61.4 cm³/mol. The van der Waals surface area contributed by atoms with Gasteiger partial charge in [0.15, 0.2) is 0 Å². The van der Waals surface area contributed by atoms with Crippen LogP contribution >= 0.6 is 0 Å². The van der Waals surface area contributed by atoms with Crippen LogP contribution in [0.3, 0.4) is 0 Å². The zero-order valence-electron chi connectivity index (χ0n) is 9.87. The summed E-state index contributed by atoms with van der Waals surface area (Å²) >= 11 is 0. The molecule has 0 amide bonds. The highest BCUT2D eigenvalue weighted by atomic mass is 19.4. The van der Waals surface area contributed by atoms with Gasteiger partial charge in [0.1, 0.15) is 0 Å². The number of hydrogen-bond acceptors (Lipinski definition) is 2. The van der Waals surface area contributed by atoms with Crippen molar-refractivity contribution in [3.63, 3.8) is 0 Å². The van der Waals surface area contributed by atoms with Crippen molar-refractivity contribution >= 4 is 0 Å². The summed E-state index contributed by atoms with van der Waals surface area (Å²) in [5.74, 6) is 0. The van der Waals surface area contributed by atoms with Gasteiger partial charge in [-0.15, -0.1) is 0 Å². The van der Waals surface area contributed by atoms with Gasteiger partial charge in [-0.3, -0.25) is 0 Å². The van der Waals surface area contributed by atoms with E-state index >= 15 is 0 Å². The Hall–Kier alpha value is -1.07. The summed E-state index contributed by atoms with van der Waals surface area (Å²) in [7, 11) is 0. The second-order valence-electron chi connectivity index (χ2n) is 4.99. The molecule has 2 fully saturated rings. The Balaban J connectivity index is 1.93. The first kappa shape index (κ1) is 12.0. The van der Waals surface area contributed by atoms with E-state index in [1.165, 1.54) is 17.1 Å². The SMILES string of the molecule is FC(F)(F)C1(c2ccccc2)NN1C1CCCC1. The average molecular weight is 256 g/mol. The van der Waals surface area contributed by atoms with Gasteiger partial charge >= 0.3 is 6.18 Å². The number of nitrogens with zero attached hydrogens (tertiary/aromatic N) is 1. The average Bonchev–Trinajstić information content (AvgIpc) is 2.90. The Bertz CT molecular complexity index is 426. The normalized spacial score (nSPS) is 32.7. The van der Waals surface area contributed by atoms with Gasteiger partial charge < -0.3 is 0 Å². The fraction of sp³-hybridized carbons (Fsp3) is 0.538. The molecular weight excluding hydrogens is 241 g/mol. The van der Waals surface area contributed by atoms with Gasteiger partial charge in [-0.2, -0.15) is 13.2 Å². The third kappa shape index (κ3) is 1.65. The molecule has 1 aliphatic heterocycles. The first-order chi connectivity index (χ1) is 8.56. The Morgan fingerprint density at radius 3 is 2.28 bits per heavy atom. The summed E-state index contributed by atoms with van der Waals surface area (Å²) in [6.07, 6.45) is -0.566. The number of alkyl halides is 3. The summed E-state index contributed by atoms with van der Waals surface area (Å²) in [5.41, 5.74) is 0.916. The summed E-state index contributed by atoms with van der Waals surface area (Å²) in [6, 6.07) is 8.11. The number of hydrazine groups is 1. The summed E-state index contributed by atoms with van der Waals surface area (Å²) in [5, 5.41) is 1.40. The minimum absolute atomic E-state index is 0.00633. The highest BCUT2D eigenvalue weighted by Gasteiger charge is 2.72. The molecule has 2 aliphatic rings. The van der Waals surface area contributed by atoms with E-state index in [9.17, 15) is 13.2 Å². The first-order valence-corrected chi connectivity index (χ1v) is 6.25. The molecule has 98 valence electrons. The third-order valence-corrected chi connectivity index (χ3v) is 3.89. The molecule has 2 unspecified atom stereocenters. The quantitative estimate of drug-likeness (QED) is 0.822. The van der Waals surface area contributed by atoms with Crippen molar-refractivity contribution in [2.45, 2.75) is 43.6 Å². The number of nitrogens with one attached hydrogen (secondary N) is 1. The van der Waals surface area contributed by atoms with Crippen molar-refractivity contribution in [2.75, 3.05) is 0 Å². The molecule has 1 N–H and O–H groups in total. The molecule has 0 spiro atoms. The molecule has 1 saturated carbocycles. The molecule has 2 atom stereocenters. The van der Waals surface area contributed by atoms with E-state index in [2.05, 4.69) is 5.43 Å². The number of benzene rings is 1.